The van der Waals surface area contributed by atoms with Crippen LogP contribution in [0.15, 0.2) is 0 Å². The molecule has 10 heavy (non-hydrogen) atoms. The summed E-state index contributed by atoms with van der Waals surface area (Å²) in [4.78, 5) is 0. The molecule has 0 N–H and O–H groups in total. The molecule has 0 aliphatic rings. The number of rotatable bonds is 4. The topological polar surface area (TPSA) is 3.24 Å². The van der Waals surface area contributed by atoms with Crippen molar-refractivity contribution in [2.75, 3.05) is 12.5 Å². The maximum Gasteiger partial charge on any atom is 0.107 e. The lowest BCUT2D eigenvalue weighted by atomic mass is 11.9. The Balaban J connectivity index is 3.73. The molecule has 0 heterocycles. The first-order valence-corrected chi connectivity index (χ1v) is 15.1. The Labute approximate surface area is 74.3 Å². The summed E-state index contributed by atoms with van der Waals surface area (Å²) in [5.41, 5.74) is 0. The molecule has 0 amide bonds. The van der Waals surface area contributed by atoms with Crippen LogP contribution in [0.1, 0.15) is 0 Å². The summed E-state index contributed by atoms with van der Waals surface area (Å²) < 4.78 is 2.92. The molecule has 64 valence electrons. The van der Waals surface area contributed by atoms with Gasteiger partial charge in [0.1, 0.15) is 8.96 Å². The van der Waals surface area contributed by atoms with Crippen molar-refractivity contribution in [1.29, 1.82) is 0 Å². The van der Waals surface area contributed by atoms with Gasteiger partial charge >= 0.3 is 0 Å². The van der Waals surface area contributed by atoms with Crippen molar-refractivity contribution >= 4 is 38.3 Å². The fourth-order valence-electron chi connectivity index (χ4n) is 1.15. The van der Waals surface area contributed by atoms with E-state index < -0.39 is 8.96 Å². The molecule has 0 aliphatic heterocycles. The summed E-state index contributed by atoms with van der Waals surface area (Å²) >= 11 is 0.282. The minimum absolute atomic E-state index is 0.282. The van der Waals surface area contributed by atoms with Crippen molar-refractivity contribution in [2.24, 2.45) is 0 Å². The first-order chi connectivity index (χ1) is 4.59. The average molecular weight is 212 g/mol. The highest BCUT2D eigenvalue weighted by atomic mass is 32.2. The van der Waals surface area contributed by atoms with Gasteiger partial charge < -0.3 is 3.64 Å². The summed E-state index contributed by atoms with van der Waals surface area (Å²) in [5, 5.41) is 0. The van der Waals surface area contributed by atoms with Gasteiger partial charge in [-0.1, -0.05) is 19.6 Å². The Morgan fingerprint density at radius 3 is 1.90 bits per heavy atom. The summed E-state index contributed by atoms with van der Waals surface area (Å²) in [7, 11) is 0.298. The van der Waals surface area contributed by atoms with Crippen LogP contribution < -0.4 is 0 Å². The number of nitrogens with zero attached hydrogens (tertiary/aromatic N) is 1. The number of hydrogen-bond donors (Lipinski definition) is 1. The molecular formula is C5H21NSSi3. The molecule has 0 spiro atoms. The van der Waals surface area contributed by atoms with Crippen LogP contribution in [0.5, 0.6) is 0 Å². The van der Waals surface area contributed by atoms with Crippen molar-refractivity contribution in [3.05, 3.63) is 0 Å². The minimum atomic E-state index is -0.402. The third-order valence-electron chi connectivity index (χ3n) is 1.56. The predicted octanol–water partition coefficient (Wildman–Crippen LogP) is -0.337. The van der Waals surface area contributed by atoms with Crippen molar-refractivity contribution < 1.29 is 0 Å². The monoisotopic (exact) mass is 211 g/mol. The smallest absolute Gasteiger partial charge is 0.107 e. The molecule has 0 fully saturated rings. The summed E-state index contributed by atoms with van der Waals surface area (Å²) in [6.07, 6.45) is 4.83. The zero-order valence-corrected chi connectivity index (χ0v) is 12.8. The van der Waals surface area contributed by atoms with Crippen molar-refractivity contribution in [3.8, 4) is 0 Å². The van der Waals surface area contributed by atoms with Crippen molar-refractivity contribution in [1.82, 2.24) is 3.64 Å². The van der Waals surface area contributed by atoms with E-state index in [0.717, 1.165) is 0 Å². The highest BCUT2D eigenvalue weighted by Gasteiger charge is 2.09. The van der Waals surface area contributed by atoms with Gasteiger partial charge in [-0.2, -0.15) is 0 Å². The van der Waals surface area contributed by atoms with Crippen LogP contribution in [0.4, 0.5) is 0 Å². The van der Waals surface area contributed by atoms with Gasteiger partial charge in [0.05, 0.1) is 9.20 Å². The molecule has 0 saturated carbocycles. The van der Waals surface area contributed by atoms with Gasteiger partial charge in [0.15, 0.2) is 0 Å². The molecular weight excluding hydrogens is 190 g/mol. The number of hydrogen-bond acceptors (Lipinski definition) is 1. The molecule has 0 radical (unpaired) electrons. The zero-order chi connectivity index (χ0) is 8.15. The van der Waals surface area contributed by atoms with Crippen molar-refractivity contribution in [2.45, 2.75) is 19.6 Å². The van der Waals surface area contributed by atoms with E-state index in [2.05, 4.69) is 35.8 Å². The van der Waals surface area contributed by atoms with Gasteiger partial charge in [0, 0.05) is 9.04 Å². The molecule has 1 nitrogen and oxygen atoms in total. The third-order valence-corrected chi connectivity index (χ3v) is 18.2. The lowest BCUT2D eigenvalue weighted by Gasteiger charge is -2.32. The standard InChI is InChI=1S/C5H21NSSi3/c1-7(2)6(9-8-3)10(4)5/h7,10H,8-9H2,1-5H3. The molecule has 0 aliphatic carbocycles. The van der Waals surface area contributed by atoms with Gasteiger partial charge in [-0.05, 0) is 12.5 Å². The van der Waals surface area contributed by atoms with Crippen molar-refractivity contribution in [3.63, 3.8) is 0 Å². The summed E-state index contributed by atoms with van der Waals surface area (Å²) in [5.74, 6) is 0. The quantitative estimate of drug-likeness (QED) is 0.492. The SMILES string of the molecule is C[SiH2][SiH2]N([SiH](C)C)[SH](C)C. The molecule has 0 saturated heterocycles. The molecule has 0 aromatic carbocycles. The third kappa shape index (κ3) is 3.97. The number of thiol groups is 1. The molecule has 0 aromatic heterocycles. The Morgan fingerprint density at radius 2 is 1.80 bits per heavy atom. The fraction of sp³-hybridized carbons (Fsp3) is 1.00. The Kier molecular flexibility index (Phi) is 6.13. The van der Waals surface area contributed by atoms with E-state index in [9.17, 15) is 0 Å². The van der Waals surface area contributed by atoms with E-state index in [1.54, 1.807) is 0 Å². The predicted molar refractivity (Wildman–Crippen MR) is 64.5 cm³/mol. The summed E-state index contributed by atoms with van der Waals surface area (Å²) in [6.45, 7) is 7.41. The first kappa shape index (κ1) is 11.0. The van der Waals surface area contributed by atoms with Gasteiger partial charge in [-0.15, -0.1) is 0 Å². The van der Waals surface area contributed by atoms with E-state index in [4.69, 9.17) is 0 Å². The molecule has 0 aromatic rings. The second-order valence-electron chi connectivity index (χ2n) is 3.10. The first-order valence-electron chi connectivity index (χ1n) is 4.03. The summed E-state index contributed by atoms with van der Waals surface area (Å²) in [6, 6.07) is 0. The van der Waals surface area contributed by atoms with E-state index in [-0.39, 0.29) is 11.1 Å². The van der Waals surface area contributed by atoms with Crippen LogP contribution in [0.2, 0.25) is 19.6 Å². The molecule has 0 atom stereocenters. The molecule has 0 bridgehead atoms. The molecule has 0 unspecified atom stereocenters. The van der Waals surface area contributed by atoms with E-state index >= 15 is 0 Å². The van der Waals surface area contributed by atoms with Gasteiger partial charge in [-0.3, -0.25) is 0 Å². The van der Waals surface area contributed by atoms with Crippen LogP contribution in [0.25, 0.3) is 0 Å². The average Bonchev–Trinajstić information content (AvgIpc) is 1.81. The Morgan fingerprint density at radius 1 is 1.30 bits per heavy atom. The van der Waals surface area contributed by atoms with Crippen LogP contribution in [0, 0.1) is 0 Å². The lowest BCUT2D eigenvalue weighted by Crippen LogP contribution is -2.36. The highest BCUT2D eigenvalue weighted by Crippen LogP contribution is 2.20. The lowest BCUT2D eigenvalue weighted by molar-refractivity contribution is 1.12. The van der Waals surface area contributed by atoms with E-state index in [1.807, 2.05) is 0 Å². The van der Waals surface area contributed by atoms with Crippen LogP contribution in [-0.2, 0) is 0 Å². The van der Waals surface area contributed by atoms with Gasteiger partial charge in [0.2, 0.25) is 0 Å². The zero-order valence-electron chi connectivity index (χ0n) is 7.89. The Hall–Kier alpha value is 0.961. The second-order valence-corrected chi connectivity index (χ2v) is 16.3. The highest BCUT2D eigenvalue weighted by molar-refractivity contribution is 8.15. The maximum absolute atomic E-state index is 2.92. The van der Waals surface area contributed by atoms with E-state index in [1.165, 1.54) is 0 Å². The van der Waals surface area contributed by atoms with Crippen LogP contribution in [0.3, 0.4) is 0 Å². The largest absolute Gasteiger partial charge is 0.322 e. The fourth-order valence-corrected chi connectivity index (χ4v) is 22.7. The second kappa shape index (κ2) is 5.59. The Bertz CT molecular complexity index is 81.0. The van der Waals surface area contributed by atoms with Crippen LogP contribution >= 0.6 is 11.1 Å². The van der Waals surface area contributed by atoms with Gasteiger partial charge in [-0.25, -0.2) is 11.1 Å². The van der Waals surface area contributed by atoms with E-state index in [0.29, 0.717) is 18.2 Å². The maximum atomic E-state index is 2.92. The molecule has 0 rings (SSSR count). The van der Waals surface area contributed by atoms with Gasteiger partial charge in [0.25, 0.3) is 0 Å². The minimum Gasteiger partial charge on any atom is -0.322 e. The van der Waals surface area contributed by atoms with Crippen LogP contribution in [-0.4, -0.2) is 43.3 Å². The molecule has 5 heteroatoms. The normalized spacial score (nSPS) is 15.3.